The Bertz CT molecular complexity index is 512. The summed E-state index contributed by atoms with van der Waals surface area (Å²) in [6, 6.07) is 7.14. The number of hydrogen-bond acceptors (Lipinski definition) is 2. The Morgan fingerprint density at radius 2 is 2.06 bits per heavy atom. The van der Waals surface area contributed by atoms with E-state index < -0.39 is 0 Å². The monoisotopic (exact) mass is 244 g/mol. The van der Waals surface area contributed by atoms with Gasteiger partial charge in [-0.15, -0.1) is 0 Å². The average Bonchev–Trinajstić information content (AvgIpc) is 2.85. The van der Waals surface area contributed by atoms with Gasteiger partial charge in [-0.3, -0.25) is 9.59 Å². The van der Waals surface area contributed by atoms with E-state index in [1.54, 1.807) is 9.80 Å². The number of fused-ring (bicyclic) bond motifs is 2. The number of para-hydroxylation sites is 1. The molecule has 2 heterocycles. The molecule has 1 fully saturated rings. The molecule has 1 aromatic rings. The summed E-state index contributed by atoms with van der Waals surface area (Å²) >= 11 is 0. The first-order valence-electron chi connectivity index (χ1n) is 6.45. The van der Waals surface area contributed by atoms with Crippen molar-refractivity contribution in [2.24, 2.45) is 0 Å². The number of carbonyl (C=O) groups excluding carboxylic acids is 2. The largest absolute Gasteiger partial charge is 0.327 e. The number of benzene rings is 1. The van der Waals surface area contributed by atoms with Gasteiger partial charge in [-0.25, -0.2) is 0 Å². The third kappa shape index (κ3) is 1.45. The fourth-order valence-corrected chi connectivity index (χ4v) is 2.94. The lowest BCUT2D eigenvalue weighted by Gasteiger charge is -2.24. The molecule has 1 atom stereocenters. The Morgan fingerprint density at radius 3 is 2.83 bits per heavy atom. The number of likely N-dealkylation sites (N-methyl/N-ethyl adjacent to an activating group) is 1. The number of anilines is 1. The van der Waals surface area contributed by atoms with Gasteiger partial charge in [-0.1, -0.05) is 12.1 Å². The van der Waals surface area contributed by atoms with Gasteiger partial charge in [0.15, 0.2) is 0 Å². The second-order valence-corrected chi connectivity index (χ2v) is 4.76. The van der Waals surface area contributed by atoms with Gasteiger partial charge in [-0.2, -0.15) is 0 Å². The first kappa shape index (κ1) is 11.3. The van der Waals surface area contributed by atoms with Crippen LogP contribution in [0, 0.1) is 0 Å². The average molecular weight is 244 g/mol. The summed E-state index contributed by atoms with van der Waals surface area (Å²) in [6.07, 6.45) is 1.71. The zero-order valence-electron chi connectivity index (χ0n) is 10.4. The van der Waals surface area contributed by atoms with Crippen LogP contribution in [0.25, 0.3) is 0 Å². The van der Waals surface area contributed by atoms with E-state index in [1.807, 2.05) is 31.2 Å². The molecule has 2 amide bonds. The molecule has 2 aliphatic rings. The molecule has 94 valence electrons. The van der Waals surface area contributed by atoms with Gasteiger partial charge in [0.2, 0.25) is 5.91 Å². The second kappa shape index (κ2) is 4.12. The Hall–Kier alpha value is -1.84. The summed E-state index contributed by atoms with van der Waals surface area (Å²) in [6.45, 7) is 3.25. The van der Waals surface area contributed by atoms with Gasteiger partial charge in [-0.05, 0) is 31.9 Å². The van der Waals surface area contributed by atoms with Crippen LogP contribution in [-0.2, 0) is 4.79 Å². The van der Waals surface area contributed by atoms with Gasteiger partial charge in [0.05, 0.1) is 11.3 Å². The van der Waals surface area contributed by atoms with Crippen LogP contribution in [-0.4, -0.2) is 35.8 Å². The van der Waals surface area contributed by atoms with E-state index in [0.717, 1.165) is 18.5 Å². The minimum absolute atomic E-state index is 0.00241. The van der Waals surface area contributed by atoms with Crippen LogP contribution in [0.2, 0.25) is 0 Å². The summed E-state index contributed by atoms with van der Waals surface area (Å²) in [5.74, 6) is 0.0608. The molecule has 0 spiro atoms. The highest BCUT2D eigenvalue weighted by Crippen LogP contribution is 2.31. The standard InChI is InChI=1S/C14H16N2O2/c1-2-15-11-7-4-3-6-10(11)13(17)16-9-5-8-12(16)14(15)18/h3-4,6-7,12H,2,5,8-9H2,1H3. The molecule has 18 heavy (non-hydrogen) atoms. The quantitative estimate of drug-likeness (QED) is 0.753. The molecule has 0 aliphatic carbocycles. The maximum atomic E-state index is 12.5. The zero-order chi connectivity index (χ0) is 12.7. The van der Waals surface area contributed by atoms with Crippen LogP contribution in [0.3, 0.4) is 0 Å². The first-order valence-corrected chi connectivity index (χ1v) is 6.45. The normalized spacial score (nSPS) is 22.8. The first-order chi connectivity index (χ1) is 8.74. The molecule has 0 aromatic heterocycles. The molecule has 0 bridgehead atoms. The lowest BCUT2D eigenvalue weighted by molar-refractivity contribution is -0.122. The molecule has 1 aromatic carbocycles. The molecule has 1 saturated heterocycles. The SMILES string of the molecule is CCN1C(=O)C2CCCN2C(=O)c2ccccc21. The van der Waals surface area contributed by atoms with Crippen LogP contribution in [0.1, 0.15) is 30.1 Å². The molecule has 2 aliphatic heterocycles. The van der Waals surface area contributed by atoms with Crippen molar-refractivity contribution in [2.75, 3.05) is 18.0 Å². The van der Waals surface area contributed by atoms with Crippen LogP contribution >= 0.6 is 0 Å². The van der Waals surface area contributed by atoms with E-state index in [-0.39, 0.29) is 17.9 Å². The Labute approximate surface area is 106 Å². The van der Waals surface area contributed by atoms with Crippen molar-refractivity contribution in [2.45, 2.75) is 25.8 Å². The van der Waals surface area contributed by atoms with Crippen molar-refractivity contribution in [3.05, 3.63) is 29.8 Å². The molecule has 0 saturated carbocycles. The smallest absolute Gasteiger partial charge is 0.256 e. The molecule has 1 unspecified atom stereocenters. The van der Waals surface area contributed by atoms with Crippen molar-refractivity contribution in [1.29, 1.82) is 0 Å². The number of nitrogens with zero attached hydrogens (tertiary/aromatic N) is 2. The van der Waals surface area contributed by atoms with E-state index in [1.165, 1.54) is 0 Å². The fourth-order valence-electron chi connectivity index (χ4n) is 2.94. The van der Waals surface area contributed by atoms with Crippen molar-refractivity contribution in [1.82, 2.24) is 4.90 Å². The van der Waals surface area contributed by atoms with Crippen molar-refractivity contribution in [3.63, 3.8) is 0 Å². The van der Waals surface area contributed by atoms with E-state index in [2.05, 4.69) is 0 Å². The molecule has 3 rings (SSSR count). The minimum Gasteiger partial charge on any atom is -0.327 e. The molecule has 4 nitrogen and oxygen atoms in total. The highest BCUT2D eigenvalue weighted by atomic mass is 16.2. The summed E-state index contributed by atoms with van der Waals surface area (Å²) in [4.78, 5) is 28.4. The van der Waals surface area contributed by atoms with E-state index >= 15 is 0 Å². The zero-order valence-corrected chi connectivity index (χ0v) is 10.4. The minimum atomic E-state index is -0.259. The number of hydrogen-bond donors (Lipinski definition) is 0. The number of rotatable bonds is 1. The van der Waals surface area contributed by atoms with Crippen molar-refractivity contribution < 1.29 is 9.59 Å². The lowest BCUT2D eigenvalue weighted by atomic mass is 10.1. The predicted octanol–water partition coefficient (Wildman–Crippen LogP) is 1.66. The number of amides is 2. The van der Waals surface area contributed by atoms with Gasteiger partial charge in [0.25, 0.3) is 5.91 Å². The van der Waals surface area contributed by atoms with Gasteiger partial charge in [0.1, 0.15) is 6.04 Å². The van der Waals surface area contributed by atoms with Crippen LogP contribution in [0.5, 0.6) is 0 Å². The third-order valence-corrected chi connectivity index (χ3v) is 3.81. The highest BCUT2D eigenvalue weighted by molar-refractivity contribution is 6.11. The number of carbonyl (C=O) groups is 2. The van der Waals surface area contributed by atoms with E-state index in [0.29, 0.717) is 18.7 Å². The van der Waals surface area contributed by atoms with Crippen LogP contribution in [0.4, 0.5) is 5.69 Å². The topological polar surface area (TPSA) is 40.6 Å². The van der Waals surface area contributed by atoms with Gasteiger partial charge in [0, 0.05) is 13.1 Å². The highest BCUT2D eigenvalue weighted by Gasteiger charge is 2.41. The van der Waals surface area contributed by atoms with Crippen molar-refractivity contribution in [3.8, 4) is 0 Å². The maximum Gasteiger partial charge on any atom is 0.256 e. The van der Waals surface area contributed by atoms with E-state index in [4.69, 9.17) is 0 Å². The Morgan fingerprint density at radius 1 is 1.28 bits per heavy atom. The summed E-state index contributed by atoms with van der Waals surface area (Å²) < 4.78 is 0. The summed E-state index contributed by atoms with van der Waals surface area (Å²) in [7, 11) is 0. The fraction of sp³-hybridized carbons (Fsp3) is 0.429. The molecular weight excluding hydrogens is 228 g/mol. The predicted molar refractivity (Wildman–Crippen MR) is 68.5 cm³/mol. The second-order valence-electron chi connectivity index (χ2n) is 4.76. The van der Waals surface area contributed by atoms with Crippen LogP contribution < -0.4 is 4.90 Å². The van der Waals surface area contributed by atoms with Crippen LogP contribution in [0.15, 0.2) is 24.3 Å². The summed E-state index contributed by atoms with van der Waals surface area (Å²) in [5, 5.41) is 0. The van der Waals surface area contributed by atoms with Gasteiger partial charge < -0.3 is 9.80 Å². The summed E-state index contributed by atoms with van der Waals surface area (Å²) in [5.41, 5.74) is 1.40. The van der Waals surface area contributed by atoms with E-state index in [9.17, 15) is 9.59 Å². The van der Waals surface area contributed by atoms with Crippen molar-refractivity contribution >= 4 is 17.5 Å². The molecule has 0 radical (unpaired) electrons. The Kier molecular flexibility index (Phi) is 2.58. The Balaban J connectivity index is 2.17. The maximum absolute atomic E-state index is 12.5. The lowest BCUT2D eigenvalue weighted by Crippen LogP contribution is -2.44. The third-order valence-electron chi connectivity index (χ3n) is 3.81. The molecule has 0 N–H and O–H groups in total. The molecule has 4 heteroatoms. The van der Waals surface area contributed by atoms with Gasteiger partial charge >= 0.3 is 0 Å². The molecular formula is C14H16N2O2.